The molecule has 0 aromatic rings. The quantitative estimate of drug-likeness (QED) is 0.701. The van der Waals surface area contributed by atoms with Gasteiger partial charge in [-0.3, -0.25) is 0 Å². The van der Waals surface area contributed by atoms with Crippen molar-refractivity contribution in [2.75, 3.05) is 13.1 Å². The Morgan fingerprint density at radius 2 is 2.11 bits per heavy atom. The fraction of sp³-hybridized carbons (Fsp3) is 0.857. The third kappa shape index (κ3) is 3.07. The molecule has 0 spiro atoms. The van der Waals surface area contributed by atoms with Gasteiger partial charge >= 0.3 is 0 Å². The summed E-state index contributed by atoms with van der Waals surface area (Å²) in [7, 11) is 0. The van der Waals surface area contributed by atoms with Gasteiger partial charge in [-0.15, -0.1) is 0 Å². The molecule has 1 rings (SSSR count). The predicted octanol–water partition coefficient (Wildman–Crippen LogP) is 1.21. The Morgan fingerprint density at radius 3 is 2.33 bits per heavy atom. The molecule has 0 aromatic carbocycles. The Kier molecular flexibility index (Phi) is 5.31. The second kappa shape index (κ2) is 4.77. The molecule has 1 unspecified atom stereocenters. The van der Waals surface area contributed by atoms with Crippen LogP contribution < -0.4 is 5.32 Å². The molecule has 1 fully saturated rings. The average molecular weight is 350 g/mol. The van der Waals surface area contributed by atoms with Crippen molar-refractivity contribution in [2.45, 2.75) is 20.3 Å². The fourth-order valence-corrected chi connectivity index (χ4v) is 1.15. The first-order valence-electron chi connectivity index (χ1n) is 3.31. The molecule has 9 heavy (non-hydrogen) atoms. The Balaban J connectivity index is 0.000000640. The summed E-state index contributed by atoms with van der Waals surface area (Å²) in [4.78, 5) is 0. The number of hydrogen-bond acceptors (Lipinski definition) is 1. The maximum atomic E-state index is 3.33. The third-order valence-corrected chi connectivity index (χ3v) is 1.88. The van der Waals surface area contributed by atoms with Gasteiger partial charge < -0.3 is 11.2 Å². The average Bonchev–Trinajstić information content (AvgIpc) is 2.12. The van der Waals surface area contributed by atoms with E-state index in [1.165, 1.54) is 19.5 Å². The van der Waals surface area contributed by atoms with Gasteiger partial charge in [-0.05, 0) is 13.1 Å². The molecular formula is C7H14NU-. The van der Waals surface area contributed by atoms with E-state index in [4.69, 9.17) is 0 Å². The Morgan fingerprint density at radius 1 is 1.44 bits per heavy atom. The summed E-state index contributed by atoms with van der Waals surface area (Å²) in [6, 6.07) is 0. The molecule has 2 heteroatoms. The van der Waals surface area contributed by atoms with Crippen molar-refractivity contribution in [1.29, 1.82) is 0 Å². The summed E-state index contributed by atoms with van der Waals surface area (Å²) < 4.78 is 0. The van der Waals surface area contributed by atoms with Crippen molar-refractivity contribution in [1.82, 2.24) is 5.32 Å². The summed E-state index contributed by atoms with van der Waals surface area (Å²) in [6.07, 6.45) is 1.35. The van der Waals surface area contributed by atoms with Crippen LogP contribution in [0.3, 0.4) is 0 Å². The summed E-state index contributed by atoms with van der Waals surface area (Å²) in [5, 5.41) is 3.33. The third-order valence-electron chi connectivity index (χ3n) is 1.88. The van der Waals surface area contributed by atoms with Gasteiger partial charge in [0.2, 0.25) is 0 Å². The van der Waals surface area contributed by atoms with E-state index < -0.39 is 0 Å². The van der Waals surface area contributed by atoms with Crippen molar-refractivity contribution < 1.29 is 31.1 Å². The minimum atomic E-state index is 0. The van der Waals surface area contributed by atoms with Crippen LogP contribution in [0.2, 0.25) is 0 Å². The van der Waals surface area contributed by atoms with Gasteiger partial charge in [0.1, 0.15) is 0 Å². The molecule has 0 radical (unpaired) electrons. The van der Waals surface area contributed by atoms with Gasteiger partial charge in [0.15, 0.2) is 0 Å². The molecule has 1 saturated heterocycles. The molecule has 1 aliphatic heterocycles. The molecule has 1 heterocycles. The summed E-state index contributed by atoms with van der Waals surface area (Å²) in [5.41, 5.74) is 0. The fourth-order valence-electron chi connectivity index (χ4n) is 1.15. The zero-order valence-electron chi connectivity index (χ0n) is 6.20. The maximum absolute atomic E-state index is 3.33. The van der Waals surface area contributed by atoms with Crippen LogP contribution >= 0.6 is 0 Å². The normalized spacial score (nSPS) is 26.3. The second-order valence-corrected chi connectivity index (χ2v) is 2.77. The molecule has 0 bridgehead atoms. The van der Waals surface area contributed by atoms with Gasteiger partial charge in [-0.2, -0.15) is 19.8 Å². The van der Waals surface area contributed by atoms with E-state index in [2.05, 4.69) is 19.2 Å². The maximum Gasteiger partial charge on any atom is 0 e. The van der Waals surface area contributed by atoms with E-state index in [1.807, 2.05) is 0 Å². The Hall–Kier alpha value is 1.01. The van der Waals surface area contributed by atoms with Crippen LogP contribution in [0, 0.1) is 42.9 Å². The Bertz CT molecular complexity index is 67.3. The van der Waals surface area contributed by atoms with Gasteiger partial charge in [0, 0.05) is 31.1 Å². The molecule has 1 N–H and O–H groups in total. The van der Waals surface area contributed by atoms with E-state index in [0.29, 0.717) is 0 Å². The van der Waals surface area contributed by atoms with Crippen molar-refractivity contribution in [3.05, 3.63) is 5.92 Å². The van der Waals surface area contributed by atoms with Crippen molar-refractivity contribution in [3.8, 4) is 0 Å². The van der Waals surface area contributed by atoms with Crippen LogP contribution in [0.4, 0.5) is 0 Å². The van der Waals surface area contributed by atoms with Gasteiger partial charge in [0.05, 0.1) is 0 Å². The van der Waals surface area contributed by atoms with Crippen LogP contribution in [-0.2, 0) is 0 Å². The predicted molar refractivity (Wildman–Crippen MR) is 35.6 cm³/mol. The molecule has 0 saturated carbocycles. The Labute approximate surface area is 81.4 Å². The summed E-state index contributed by atoms with van der Waals surface area (Å²) >= 11 is 0. The van der Waals surface area contributed by atoms with Crippen LogP contribution in [0.15, 0.2) is 0 Å². The SMILES string of the molecule is C[C-](C)C1CCNC1.[U]. The molecule has 52 valence electrons. The van der Waals surface area contributed by atoms with E-state index in [0.717, 1.165) is 5.92 Å². The largest absolute Gasteiger partial charge is 0.319 e. The van der Waals surface area contributed by atoms with E-state index in [1.54, 1.807) is 5.92 Å². The van der Waals surface area contributed by atoms with E-state index in [9.17, 15) is 0 Å². The van der Waals surface area contributed by atoms with Gasteiger partial charge in [-0.1, -0.05) is 6.42 Å². The standard InChI is InChI=1S/C7H14N.U/c1-6(2)7-3-4-8-5-7;/h7-8H,3-5H2,1-2H3;/q-1;. The first-order valence-corrected chi connectivity index (χ1v) is 3.31. The van der Waals surface area contributed by atoms with Crippen LogP contribution in [-0.4, -0.2) is 13.1 Å². The van der Waals surface area contributed by atoms with Crippen molar-refractivity contribution >= 4 is 0 Å². The molecule has 1 nitrogen and oxygen atoms in total. The minimum Gasteiger partial charge on any atom is -0.319 e. The smallest absolute Gasteiger partial charge is 0 e. The molecule has 0 aromatic heterocycles. The van der Waals surface area contributed by atoms with Crippen LogP contribution in [0.1, 0.15) is 20.3 Å². The van der Waals surface area contributed by atoms with E-state index in [-0.39, 0.29) is 31.1 Å². The molecule has 0 amide bonds. The van der Waals surface area contributed by atoms with E-state index >= 15 is 0 Å². The number of rotatable bonds is 1. The summed E-state index contributed by atoms with van der Waals surface area (Å²) in [6.45, 7) is 6.87. The first kappa shape index (κ1) is 10.0. The topological polar surface area (TPSA) is 12.0 Å². The zero-order valence-corrected chi connectivity index (χ0v) is 10.4. The van der Waals surface area contributed by atoms with Crippen molar-refractivity contribution in [2.24, 2.45) is 5.92 Å². The van der Waals surface area contributed by atoms with Crippen LogP contribution in [0.5, 0.6) is 0 Å². The number of hydrogen-bond donors (Lipinski definition) is 1. The minimum absolute atomic E-state index is 0. The van der Waals surface area contributed by atoms with Gasteiger partial charge in [-0.25, -0.2) is 0 Å². The molecule has 0 aliphatic carbocycles. The molecule has 1 aliphatic rings. The molecule has 1 atom stereocenters. The summed E-state index contributed by atoms with van der Waals surface area (Å²) in [5.74, 6) is 2.45. The zero-order chi connectivity index (χ0) is 5.98. The number of nitrogens with one attached hydrogen (secondary N) is 1. The second-order valence-electron chi connectivity index (χ2n) is 2.77. The van der Waals surface area contributed by atoms with Crippen molar-refractivity contribution in [3.63, 3.8) is 0 Å². The van der Waals surface area contributed by atoms with Crippen LogP contribution in [0.25, 0.3) is 0 Å². The monoisotopic (exact) mass is 350 g/mol. The molecular weight excluding hydrogens is 336 g/mol. The first-order chi connectivity index (χ1) is 3.80. The van der Waals surface area contributed by atoms with Gasteiger partial charge in [0.25, 0.3) is 0 Å².